The molecule has 0 aromatic carbocycles. The first-order valence-electron chi connectivity index (χ1n) is 10.1. The van der Waals surface area contributed by atoms with Crippen LogP contribution in [0.1, 0.15) is 101 Å². The normalized spacial score (nSPS) is 13.1. The molecule has 0 N–H and O–H groups in total. The van der Waals surface area contributed by atoms with Crippen molar-refractivity contribution in [2.75, 3.05) is 0 Å². The van der Waals surface area contributed by atoms with Crippen molar-refractivity contribution in [1.82, 2.24) is 0 Å². The van der Waals surface area contributed by atoms with Crippen LogP contribution in [0.4, 0.5) is 0 Å². The van der Waals surface area contributed by atoms with Gasteiger partial charge in [0.15, 0.2) is 0 Å². The fraction of sp³-hybridized carbons (Fsp3) is 1.00. The van der Waals surface area contributed by atoms with Crippen molar-refractivity contribution in [2.45, 2.75) is 101 Å². The van der Waals surface area contributed by atoms with Gasteiger partial charge in [0.05, 0.1) is 0 Å². The van der Waals surface area contributed by atoms with E-state index in [-0.39, 0.29) is 0 Å². The fourth-order valence-electron chi connectivity index (χ4n) is 4.48. The van der Waals surface area contributed by atoms with Gasteiger partial charge in [0, 0.05) is 0 Å². The standard InChI is InChI=1S/C22H46/c1-16(2)10-21(11-17(3)4)14-20(9)15-22(12-18(5)6)13-19(7)8/h16-22H,10-15H2,1-9H3. The SMILES string of the molecule is CC(C)CC(CC(C)C)CC(C)CC(CC(C)C)CC(C)C. The molecule has 0 aliphatic heterocycles. The fourth-order valence-corrected chi connectivity index (χ4v) is 4.48. The first kappa shape index (κ1) is 22.0. The Bertz CT molecular complexity index is 203. The summed E-state index contributed by atoms with van der Waals surface area (Å²) in [5.74, 6) is 6.15. The summed E-state index contributed by atoms with van der Waals surface area (Å²) in [6.45, 7) is 21.6. The van der Waals surface area contributed by atoms with Crippen LogP contribution in [0.5, 0.6) is 0 Å². The predicted molar refractivity (Wildman–Crippen MR) is 103 cm³/mol. The molecule has 0 spiro atoms. The maximum absolute atomic E-state index is 2.52. The van der Waals surface area contributed by atoms with Crippen molar-refractivity contribution >= 4 is 0 Å². The average Bonchev–Trinajstić information content (AvgIpc) is 2.23. The smallest absolute Gasteiger partial charge is 0.0407 e. The lowest BCUT2D eigenvalue weighted by Gasteiger charge is -2.28. The maximum atomic E-state index is 2.52. The van der Waals surface area contributed by atoms with Crippen LogP contribution in [0, 0.1) is 41.4 Å². The van der Waals surface area contributed by atoms with Gasteiger partial charge in [0.2, 0.25) is 0 Å². The summed E-state index contributed by atoms with van der Waals surface area (Å²) in [7, 11) is 0. The van der Waals surface area contributed by atoms with Crippen molar-refractivity contribution in [3.63, 3.8) is 0 Å². The minimum Gasteiger partial charge on any atom is -0.0628 e. The van der Waals surface area contributed by atoms with E-state index in [1.165, 1.54) is 38.5 Å². The van der Waals surface area contributed by atoms with Gasteiger partial charge >= 0.3 is 0 Å². The van der Waals surface area contributed by atoms with E-state index in [0.717, 1.165) is 41.4 Å². The van der Waals surface area contributed by atoms with Gasteiger partial charge in [-0.25, -0.2) is 0 Å². The molecule has 0 heteroatoms. The Morgan fingerprint density at radius 3 is 0.773 bits per heavy atom. The van der Waals surface area contributed by atoms with E-state index in [4.69, 9.17) is 0 Å². The second kappa shape index (κ2) is 11.5. The predicted octanol–water partition coefficient (Wildman–Crippen LogP) is 7.82. The Labute approximate surface area is 142 Å². The molecule has 0 nitrogen and oxygen atoms in total. The third-order valence-electron chi connectivity index (χ3n) is 4.69. The van der Waals surface area contributed by atoms with Crippen LogP contribution in [0.3, 0.4) is 0 Å². The Kier molecular flexibility index (Phi) is 11.5. The van der Waals surface area contributed by atoms with E-state index in [1.807, 2.05) is 0 Å². The molecule has 0 saturated heterocycles. The van der Waals surface area contributed by atoms with E-state index in [1.54, 1.807) is 0 Å². The summed E-state index contributed by atoms with van der Waals surface area (Å²) in [6, 6.07) is 0. The summed E-state index contributed by atoms with van der Waals surface area (Å²) < 4.78 is 0. The minimum absolute atomic E-state index is 0.845. The molecule has 22 heavy (non-hydrogen) atoms. The van der Waals surface area contributed by atoms with Crippen molar-refractivity contribution in [1.29, 1.82) is 0 Å². The van der Waals surface area contributed by atoms with Crippen LogP contribution in [0.15, 0.2) is 0 Å². The highest BCUT2D eigenvalue weighted by molar-refractivity contribution is 4.72. The summed E-state index contributed by atoms with van der Waals surface area (Å²) in [6.07, 6.45) is 8.57. The highest BCUT2D eigenvalue weighted by atomic mass is 14.3. The van der Waals surface area contributed by atoms with E-state index in [0.29, 0.717) is 0 Å². The molecule has 0 saturated carbocycles. The Morgan fingerprint density at radius 2 is 0.591 bits per heavy atom. The minimum atomic E-state index is 0.845. The van der Waals surface area contributed by atoms with Gasteiger partial charge in [0.25, 0.3) is 0 Å². The van der Waals surface area contributed by atoms with Crippen LogP contribution < -0.4 is 0 Å². The summed E-state index contributed by atoms with van der Waals surface area (Å²) in [4.78, 5) is 0. The third-order valence-corrected chi connectivity index (χ3v) is 4.69. The molecule has 0 atom stereocenters. The van der Waals surface area contributed by atoms with Crippen LogP contribution in [0.2, 0.25) is 0 Å². The molecule has 0 amide bonds. The second-order valence-electron chi connectivity index (χ2n) is 9.83. The summed E-state index contributed by atoms with van der Waals surface area (Å²) in [5, 5.41) is 0. The maximum Gasteiger partial charge on any atom is -0.0407 e. The van der Waals surface area contributed by atoms with Crippen molar-refractivity contribution < 1.29 is 0 Å². The highest BCUT2D eigenvalue weighted by Gasteiger charge is 2.20. The van der Waals surface area contributed by atoms with Crippen LogP contribution >= 0.6 is 0 Å². The van der Waals surface area contributed by atoms with Crippen molar-refractivity contribution in [3.8, 4) is 0 Å². The van der Waals surface area contributed by atoms with Gasteiger partial charge < -0.3 is 0 Å². The van der Waals surface area contributed by atoms with E-state index in [9.17, 15) is 0 Å². The lowest BCUT2D eigenvalue weighted by Crippen LogP contribution is -2.16. The molecular formula is C22H46. The molecule has 0 aliphatic carbocycles. The van der Waals surface area contributed by atoms with Gasteiger partial charge in [-0.3, -0.25) is 0 Å². The lowest BCUT2D eigenvalue weighted by atomic mass is 9.78. The number of rotatable bonds is 12. The molecule has 0 fully saturated rings. The molecule has 0 unspecified atom stereocenters. The zero-order chi connectivity index (χ0) is 17.3. The molecule has 0 aromatic heterocycles. The Balaban J connectivity index is 4.50. The number of hydrogen-bond donors (Lipinski definition) is 0. The topological polar surface area (TPSA) is 0 Å². The summed E-state index contributed by atoms with van der Waals surface area (Å²) in [5.41, 5.74) is 0. The Morgan fingerprint density at radius 1 is 0.364 bits per heavy atom. The molecule has 0 bridgehead atoms. The summed E-state index contributed by atoms with van der Waals surface area (Å²) >= 11 is 0. The molecule has 134 valence electrons. The molecular weight excluding hydrogens is 264 g/mol. The first-order chi connectivity index (χ1) is 10.1. The quantitative estimate of drug-likeness (QED) is 0.344. The monoisotopic (exact) mass is 310 g/mol. The van der Waals surface area contributed by atoms with Crippen molar-refractivity contribution in [3.05, 3.63) is 0 Å². The van der Waals surface area contributed by atoms with Gasteiger partial charge in [-0.2, -0.15) is 0 Å². The second-order valence-corrected chi connectivity index (χ2v) is 9.83. The third kappa shape index (κ3) is 12.5. The van der Waals surface area contributed by atoms with Gasteiger partial charge in [0.1, 0.15) is 0 Å². The molecule has 0 heterocycles. The van der Waals surface area contributed by atoms with Crippen LogP contribution in [-0.2, 0) is 0 Å². The largest absolute Gasteiger partial charge is 0.0628 e. The zero-order valence-electron chi connectivity index (χ0n) is 17.3. The van der Waals surface area contributed by atoms with Crippen LogP contribution in [0.25, 0.3) is 0 Å². The van der Waals surface area contributed by atoms with E-state index in [2.05, 4.69) is 62.3 Å². The van der Waals surface area contributed by atoms with Crippen molar-refractivity contribution in [2.24, 2.45) is 41.4 Å². The van der Waals surface area contributed by atoms with Gasteiger partial charge in [-0.05, 0) is 80.0 Å². The molecule has 0 rings (SSSR count). The van der Waals surface area contributed by atoms with Gasteiger partial charge in [-0.1, -0.05) is 62.3 Å². The Hall–Kier alpha value is 0. The molecule has 0 aromatic rings. The number of hydrogen-bond acceptors (Lipinski definition) is 0. The lowest BCUT2D eigenvalue weighted by molar-refractivity contribution is 0.233. The van der Waals surface area contributed by atoms with Gasteiger partial charge in [-0.15, -0.1) is 0 Å². The van der Waals surface area contributed by atoms with E-state index < -0.39 is 0 Å². The first-order valence-corrected chi connectivity index (χ1v) is 10.1. The molecule has 0 radical (unpaired) electrons. The average molecular weight is 311 g/mol. The van der Waals surface area contributed by atoms with E-state index >= 15 is 0 Å². The highest BCUT2D eigenvalue weighted by Crippen LogP contribution is 2.32. The van der Waals surface area contributed by atoms with Crippen LogP contribution in [-0.4, -0.2) is 0 Å². The zero-order valence-corrected chi connectivity index (χ0v) is 17.3. The molecule has 0 aliphatic rings.